The number of rotatable bonds is 0. The van der Waals surface area contributed by atoms with Gasteiger partial charge in [0.25, 0.3) is 0 Å². The molecule has 1 aliphatic carbocycles. The molecule has 64 valence electrons. The number of para-hydroxylation sites is 1. The van der Waals surface area contributed by atoms with Crippen LogP contribution in [-0.2, 0) is 0 Å². The monoisotopic (exact) mass is 169 g/mol. The van der Waals surface area contributed by atoms with Crippen LogP contribution in [0.2, 0.25) is 0 Å². The van der Waals surface area contributed by atoms with E-state index in [2.05, 4.69) is 35.3 Å². The van der Waals surface area contributed by atoms with Crippen LogP contribution >= 0.6 is 0 Å². The van der Waals surface area contributed by atoms with Gasteiger partial charge in [0.2, 0.25) is 0 Å². The third-order valence-corrected chi connectivity index (χ3v) is 2.75. The smallest absolute Gasteiger partial charge is 0.0712 e. The lowest BCUT2D eigenvalue weighted by atomic mass is 9.98. The van der Waals surface area contributed by atoms with E-state index < -0.39 is 0 Å². The molecule has 0 bridgehead atoms. The van der Waals surface area contributed by atoms with Gasteiger partial charge in [0, 0.05) is 5.22 Å². The van der Waals surface area contributed by atoms with E-state index in [1.807, 2.05) is 0 Å². The van der Waals surface area contributed by atoms with Crippen LogP contribution in [0.25, 0.3) is 5.57 Å². The van der Waals surface area contributed by atoms with Crippen molar-refractivity contribution in [2.24, 2.45) is 4.99 Å². The molecule has 0 saturated carbocycles. The van der Waals surface area contributed by atoms with Crippen LogP contribution < -0.4 is 10.6 Å². The molecule has 1 aliphatic heterocycles. The molecule has 1 aromatic rings. The van der Waals surface area contributed by atoms with Gasteiger partial charge in [-0.3, -0.25) is 0 Å². The number of allylic oxidation sites excluding steroid dienone is 2. The lowest BCUT2D eigenvalue weighted by Crippen LogP contribution is -2.22. The van der Waals surface area contributed by atoms with Gasteiger partial charge in [-0.1, -0.05) is 24.3 Å². The first-order valence-corrected chi connectivity index (χ1v) is 4.83. The van der Waals surface area contributed by atoms with Gasteiger partial charge in [0.05, 0.1) is 11.1 Å². The maximum atomic E-state index is 4.60. The highest BCUT2D eigenvalue weighted by Gasteiger charge is 2.14. The molecule has 1 heterocycles. The summed E-state index contributed by atoms with van der Waals surface area (Å²) in [5.41, 5.74) is 2.69. The summed E-state index contributed by atoms with van der Waals surface area (Å²) >= 11 is 0. The third-order valence-electron chi connectivity index (χ3n) is 2.75. The first-order valence-electron chi connectivity index (χ1n) is 4.83. The summed E-state index contributed by atoms with van der Waals surface area (Å²) in [5.74, 6) is 0. The summed E-state index contributed by atoms with van der Waals surface area (Å²) in [6.45, 7) is 0. The van der Waals surface area contributed by atoms with Crippen molar-refractivity contribution in [1.82, 2.24) is 0 Å². The van der Waals surface area contributed by atoms with Gasteiger partial charge >= 0.3 is 0 Å². The summed E-state index contributed by atoms with van der Waals surface area (Å²) in [6, 6.07) is 8.43. The Hall–Kier alpha value is -1.37. The van der Waals surface area contributed by atoms with Crippen molar-refractivity contribution in [3.05, 3.63) is 46.6 Å². The summed E-state index contributed by atoms with van der Waals surface area (Å²) < 4.78 is 0. The largest absolute Gasteiger partial charge is 0.248 e. The number of nitrogens with zero attached hydrogens (tertiary/aromatic N) is 1. The molecule has 3 rings (SSSR count). The molecule has 0 saturated heterocycles. The molecule has 0 N–H and O–H groups in total. The maximum Gasteiger partial charge on any atom is 0.0712 e. The van der Waals surface area contributed by atoms with Crippen LogP contribution in [-0.4, -0.2) is 0 Å². The average molecular weight is 169 g/mol. The minimum atomic E-state index is 1.16. The molecule has 1 heteroatoms. The first-order chi connectivity index (χ1) is 6.45. The van der Waals surface area contributed by atoms with E-state index in [-0.39, 0.29) is 0 Å². The quantitative estimate of drug-likeness (QED) is 0.558. The Kier molecular flexibility index (Phi) is 1.39. The van der Waals surface area contributed by atoms with Crippen molar-refractivity contribution >= 4 is 5.57 Å². The Bertz CT molecular complexity index is 494. The van der Waals surface area contributed by atoms with Crippen molar-refractivity contribution in [1.29, 1.82) is 0 Å². The standard InChI is InChI=1S/C12H11N/c1-3-7-11-9(5-1)10-6-2-4-8-12(10)13-11/h1,3,5,7-8H,2,4,6H2. The first kappa shape index (κ1) is 7.07. The van der Waals surface area contributed by atoms with Gasteiger partial charge in [0.15, 0.2) is 0 Å². The molecule has 0 radical (unpaired) electrons. The number of hydrogen-bond donors (Lipinski definition) is 0. The average Bonchev–Trinajstić information content (AvgIpc) is 2.56. The Morgan fingerprint density at radius 2 is 2.08 bits per heavy atom. The van der Waals surface area contributed by atoms with E-state index in [0.717, 1.165) is 5.36 Å². The minimum absolute atomic E-state index is 1.16. The predicted octanol–water partition coefficient (Wildman–Crippen LogP) is 1.54. The molecule has 0 fully saturated rings. The highest BCUT2D eigenvalue weighted by Crippen LogP contribution is 2.25. The molecule has 1 nitrogen and oxygen atoms in total. The normalized spacial score (nSPS) is 18.8. The maximum absolute atomic E-state index is 4.60. The van der Waals surface area contributed by atoms with E-state index >= 15 is 0 Å². The molecular weight excluding hydrogens is 158 g/mol. The second-order valence-electron chi connectivity index (χ2n) is 3.59. The number of fused-ring (bicyclic) bond motifs is 2. The highest BCUT2D eigenvalue weighted by atomic mass is 14.8. The van der Waals surface area contributed by atoms with Gasteiger partial charge in [-0.25, -0.2) is 4.99 Å². The predicted molar refractivity (Wildman–Crippen MR) is 52.6 cm³/mol. The highest BCUT2D eigenvalue weighted by molar-refractivity contribution is 5.66. The van der Waals surface area contributed by atoms with Crippen LogP contribution in [0.1, 0.15) is 19.3 Å². The molecule has 0 unspecified atom stereocenters. The van der Waals surface area contributed by atoms with Gasteiger partial charge in [-0.15, -0.1) is 0 Å². The van der Waals surface area contributed by atoms with E-state index in [1.54, 1.807) is 0 Å². The van der Waals surface area contributed by atoms with E-state index in [0.29, 0.717) is 0 Å². The Labute approximate surface area is 77.1 Å². The Morgan fingerprint density at radius 3 is 3.08 bits per heavy atom. The van der Waals surface area contributed by atoms with E-state index in [9.17, 15) is 0 Å². The van der Waals surface area contributed by atoms with Crippen molar-refractivity contribution in [2.75, 3.05) is 0 Å². The zero-order valence-electron chi connectivity index (χ0n) is 7.46. The molecule has 0 spiro atoms. The lowest BCUT2D eigenvalue weighted by molar-refractivity contribution is 0.845. The van der Waals surface area contributed by atoms with Gasteiger partial charge in [-0.2, -0.15) is 0 Å². The Morgan fingerprint density at radius 1 is 1.15 bits per heavy atom. The second kappa shape index (κ2) is 2.56. The van der Waals surface area contributed by atoms with E-state index in [1.165, 1.54) is 35.8 Å². The van der Waals surface area contributed by atoms with Crippen LogP contribution in [0.15, 0.2) is 41.0 Å². The van der Waals surface area contributed by atoms with Crippen LogP contribution in [0.4, 0.5) is 0 Å². The third kappa shape index (κ3) is 0.966. The van der Waals surface area contributed by atoms with E-state index in [4.69, 9.17) is 0 Å². The Balaban J connectivity index is 2.43. The van der Waals surface area contributed by atoms with Gasteiger partial charge in [-0.05, 0) is 30.9 Å². The fourth-order valence-electron chi connectivity index (χ4n) is 2.11. The summed E-state index contributed by atoms with van der Waals surface area (Å²) in [5, 5.41) is 2.51. The fraction of sp³-hybridized carbons (Fsp3) is 0.250. The van der Waals surface area contributed by atoms with Gasteiger partial charge < -0.3 is 0 Å². The topological polar surface area (TPSA) is 12.4 Å². The van der Waals surface area contributed by atoms with Crippen molar-refractivity contribution in [2.45, 2.75) is 19.3 Å². The summed E-state index contributed by atoms with van der Waals surface area (Å²) in [4.78, 5) is 4.60. The lowest BCUT2D eigenvalue weighted by Gasteiger charge is -2.08. The molecule has 13 heavy (non-hydrogen) atoms. The zero-order valence-corrected chi connectivity index (χ0v) is 7.46. The molecule has 2 aliphatic rings. The van der Waals surface area contributed by atoms with Crippen molar-refractivity contribution in [3.8, 4) is 0 Å². The number of benzene rings is 1. The second-order valence-corrected chi connectivity index (χ2v) is 3.59. The van der Waals surface area contributed by atoms with Crippen LogP contribution in [0.3, 0.4) is 0 Å². The fourth-order valence-corrected chi connectivity index (χ4v) is 2.11. The van der Waals surface area contributed by atoms with Crippen molar-refractivity contribution < 1.29 is 0 Å². The van der Waals surface area contributed by atoms with Crippen molar-refractivity contribution in [3.63, 3.8) is 0 Å². The zero-order chi connectivity index (χ0) is 8.67. The molecular formula is C12H11N. The summed E-state index contributed by atoms with van der Waals surface area (Å²) in [6.07, 6.45) is 5.93. The molecule has 0 aromatic heterocycles. The van der Waals surface area contributed by atoms with Crippen LogP contribution in [0, 0.1) is 0 Å². The molecule has 0 amide bonds. The number of hydrogen-bond acceptors (Lipinski definition) is 1. The molecule has 1 aromatic carbocycles. The van der Waals surface area contributed by atoms with Crippen LogP contribution in [0.5, 0.6) is 0 Å². The van der Waals surface area contributed by atoms with Gasteiger partial charge in [0.1, 0.15) is 0 Å². The minimum Gasteiger partial charge on any atom is -0.248 e. The summed E-state index contributed by atoms with van der Waals surface area (Å²) in [7, 11) is 0. The molecule has 0 atom stereocenters. The SMILES string of the molecule is C1=C2N=c3ccccc3=C2CCC1.